The summed E-state index contributed by atoms with van der Waals surface area (Å²) < 4.78 is 38.9. The van der Waals surface area contributed by atoms with Crippen LogP contribution in [-0.2, 0) is 6.18 Å². The van der Waals surface area contributed by atoms with Gasteiger partial charge in [0.25, 0.3) is 17.1 Å². The van der Waals surface area contributed by atoms with Crippen molar-refractivity contribution in [2.75, 3.05) is 11.9 Å². The normalized spacial score (nSPS) is 13.3. The van der Waals surface area contributed by atoms with E-state index in [1.165, 1.54) is 0 Å². The molecule has 12 nitrogen and oxygen atoms in total. The molecule has 0 fully saturated rings. The Morgan fingerprint density at radius 3 is 1.77 bits per heavy atom. The van der Waals surface area contributed by atoms with Crippen molar-refractivity contribution in [3.63, 3.8) is 0 Å². The molecule has 0 heterocycles. The van der Waals surface area contributed by atoms with Crippen molar-refractivity contribution in [3.8, 4) is 0 Å². The highest BCUT2D eigenvalue weighted by Gasteiger charge is 2.38. The molecule has 0 aliphatic carbocycles. The second kappa shape index (κ2) is 8.88. The molecule has 15 heteroatoms. The molecular formula is C16H13F3N4O8. The van der Waals surface area contributed by atoms with Crippen molar-refractivity contribution in [3.05, 3.63) is 77.9 Å². The number of benzene rings is 2. The van der Waals surface area contributed by atoms with Gasteiger partial charge in [-0.05, 0) is 17.7 Å². The highest BCUT2D eigenvalue weighted by Crippen LogP contribution is 2.42. The summed E-state index contributed by atoms with van der Waals surface area (Å²) in [6.45, 7) is -0.951. The summed E-state index contributed by atoms with van der Waals surface area (Å²) in [6, 6.07) is 2.90. The Morgan fingerprint density at radius 2 is 1.42 bits per heavy atom. The summed E-state index contributed by atoms with van der Waals surface area (Å²) in [5.41, 5.74) is -5.50. The standard InChI is InChI=1S/C16H13F3N4O8/c17-16(18,19)9-5-12(22(28)29)14(13(6-9)23(30)31)20-11(7-24)15(25)8-1-3-10(4-2-8)21(26)27/h1-6,11,15,20,24-25H,7H2/t11-,15-/m1/s1. The van der Waals surface area contributed by atoms with Crippen LogP contribution in [0.1, 0.15) is 17.2 Å². The minimum atomic E-state index is -5.11. The molecule has 2 atom stereocenters. The summed E-state index contributed by atoms with van der Waals surface area (Å²) in [4.78, 5) is 30.0. The van der Waals surface area contributed by atoms with E-state index in [4.69, 9.17) is 0 Å². The maximum atomic E-state index is 13.0. The zero-order valence-corrected chi connectivity index (χ0v) is 15.1. The molecule has 0 aliphatic rings. The van der Waals surface area contributed by atoms with Gasteiger partial charge in [0, 0.05) is 24.3 Å². The number of hydrogen-bond donors (Lipinski definition) is 3. The maximum absolute atomic E-state index is 13.0. The fraction of sp³-hybridized carbons (Fsp3) is 0.250. The molecule has 0 spiro atoms. The third kappa shape index (κ3) is 5.20. The van der Waals surface area contributed by atoms with Gasteiger partial charge in [0.1, 0.15) is 6.10 Å². The topological polar surface area (TPSA) is 182 Å². The van der Waals surface area contributed by atoms with E-state index < -0.39 is 62.3 Å². The zero-order valence-electron chi connectivity index (χ0n) is 15.1. The quantitative estimate of drug-likeness (QED) is 0.405. The van der Waals surface area contributed by atoms with E-state index in [-0.39, 0.29) is 23.4 Å². The van der Waals surface area contributed by atoms with Crippen molar-refractivity contribution in [2.24, 2.45) is 0 Å². The lowest BCUT2D eigenvalue weighted by atomic mass is 10.0. The first-order chi connectivity index (χ1) is 14.4. The lowest BCUT2D eigenvalue weighted by molar-refractivity contribution is -0.392. The van der Waals surface area contributed by atoms with E-state index >= 15 is 0 Å². The summed E-state index contributed by atoms with van der Waals surface area (Å²) in [5.74, 6) is 0. The molecule has 166 valence electrons. The van der Waals surface area contributed by atoms with Crippen molar-refractivity contribution in [2.45, 2.75) is 18.3 Å². The van der Waals surface area contributed by atoms with Gasteiger partial charge < -0.3 is 15.5 Å². The van der Waals surface area contributed by atoms with Gasteiger partial charge in [-0.15, -0.1) is 0 Å². The van der Waals surface area contributed by atoms with Crippen LogP contribution in [0.15, 0.2) is 36.4 Å². The molecule has 3 N–H and O–H groups in total. The van der Waals surface area contributed by atoms with Crippen LogP contribution in [-0.4, -0.2) is 37.6 Å². The molecule has 0 aliphatic heterocycles. The Morgan fingerprint density at radius 1 is 0.935 bits per heavy atom. The van der Waals surface area contributed by atoms with E-state index in [1.54, 1.807) is 0 Å². The highest BCUT2D eigenvalue weighted by atomic mass is 19.4. The first kappa shape index (κ1) is 23.4. The second-order valence-electron chi connectivity index (χ2n) is 6.13. The summed E-state index contributed by atoms with van der Waals surface area (Å²) >= 11 is 0. The number of anilines is 1. The average molecular weight is 446 g/mol. The van der Waals surface area contributed by atoms with Gasteiger partial charge in [-0.3, -0.25) is 30.3 Å². The number of aliphatic hydroxyl groups is 2. The lowest BCUT2D eigenvalue weighted by Gasteiger charge is -2.23. The van der Waals surface area contributed by atoms with Crippen LogP contribution >= 0.6 is 0 Å². The molecule has 0 aromatic heterocycles. The number of nitro groups is 3. The number of aliphatic hydroxyl groups excluding tert-OH is 2. The SMILES string of the molecule is O=[N+]([O-])c1ccc([C@@H](O)[C@@H](CO)Nc2c([N+](=O)[O-])cc(C(F)(F)F)cc2[N+](=O)[O-])cc1. The number of nitrogens with one attached hydrogen (secondary N) is 1. The van der Waals surface area contributed by atoms with Gasteiger partial charge in [-0.2, -0.15) is 13.2 Å². The van der Waals surface area contributed by atoms with E-state index in [0.717, 1.165) is 24.3 Å². The predicted molar refractivity (Wildman–Crippen MR) is 97.3 cm³/mol. The molecule has 0 radical (unpaired) electrons. The molecule has 0 bridgehead atoms. The van der Waals surface area contributed by atoms with Gasteiger partial charge in [-0.25, -0.2) is 0 Å². The van der Waals surface area contributed by atoms with Gasteiger partial charge in [-0.1, -0.05) is 0 Å². The molecule has 0 saturated heterocycles. The molecule has 0 unspecified atom stereocenters. The van der Waals surface area contributed by atoms with E-state index in [0.29, 0.717) is 0 Å². The monoisotopic (exact) mass is 446 g/mol. The average Bonchev–Trinajstić information content (AvgIpc) is 2.70. The lowest BCUT2D eigenvalue weighted by Crippen LogP contribution is -2.32. The molecule has 2 rings (SSSR count). The zero-order chi connectivity index (χ0) is 23.5. The largest absolute Gasteiger partial charge is 0.416 e. The van der Waals surface area contributed by atoms with Gasteiger partial charge in [0.2, 0.25) is 0 Å². The minimum absolute atomic E-state index is 0.00521. The first-order valence-corrected chi connectivity index (χ1v) is 8.20. The van der Waals surface area contributed by atoms with Gasteiger partial charge in [0.05, 0.1) is 33.0 Å². The molecule has 31 heavy (non-hydrogen) atoms. The Balaban J connectivity index is 2.51. The Bertz CT molecular complexity index is 978. The molecule has 2 aromatic rings. The third-order valence-corrected chi connectivity index (χ3v) is 4.17. The third-order valence-electron chi connectivity index (χ3n) is 4.17. The number of non-ortho nitro benzene ring substituents is 1. The van der Waals surface area contributed by atoms with Gasteiger partial charge >= 0.3 is 6.18 Å². The number of nitrogens with zero attached hydrogens (tertiary/aromatic N) is 3. The Kier molecular flexibility index (Phi) is 6.71. The first-order valence-electron chi connectivity index (χ1n) is 8.20. The summed E-state index contributed by atoms with van der Waals surface area (Å²) in [5, 5.41) is 55.4. The fourth-order valence-electron chi connectivity index (χ4n) is 2.65. The van der Waals surface area contributed by atoms with Crippen molar-refractivity contribution in [1.29, 1.82) is 0 Å². The van der Waals surface area contributed by atoms with Crippen LogP contribution in [0.25, 0.3) is 0 Å². The molecule has 2 aromatic carbocycles. The Hall–Kier alpha value is -3.85. The second-order valence-corrected chi connectivity index (χ2v) is 6.13. The van der Waals surface area contributed by atoms with E-state index in [2.05, 4.69) is 5.32 Å². The van der Waals surface area contributed by atoms with Crippen molar-refractivity contribution >= 4 is 22.7 Å². The van der Waals surface area contributed by atoms with Crippen LogP contribution in [0.5, 0.6) is 0 Å². The number of hydrogen-bond acceptors (Lipinski definition) is 9. The Labute approximate surface area is 170 Å². The minimum Gasteiger partial charge on any atom is -0.394 e. The number of rotatable bonds is 8. The van der Waals surface area contributed by atoms with Crippen LogP contribution < -0.4 is 5.32 Å². The summed E-state index contributed by atoms with van der Waals surface area (Å²) in [6.07, 6.45) is -6.80. The van der Waals surface area contributed by atoms with Crippen LogP contribution in [0, 0.1) is 30.3 Å². The number of alkyl halides is 3. The van der Waals surface area contributed by atoms with Crippen molar-refractivity contribution in [1.82, 2.24) is 0 Å². The number of nitro benzene ring substituents is 3. The van der Waals surface area contributed by atoms with Crippen molar-refractivity contribution < 1.29 is 38.2 Å². The van der Waals surface area contributed by atoms with E-state index in [1.807, 2.05) is 0 Å². The smallest absolute Gasteiger partial charge is 0.394 e. The molecule has 0 saturated carbocycles. The van der Waals surface area contributed by atoms with E-state index in [9.17, 15) is 53.7 Å². The van der Waals surface area contributed by atoms with Gasteiger partial charge in [0.15, 0.2) is 5.69 Å². The van der Waals surface area contributed by atoms with Crippen LogP contribution in [0.3, 0.4) is 0 Å². The van der Waals surface area contributed by atoms with Crippen LogP contribution in [0.4, 0.5) is 35.9 Å². The van der Waals surface area contributed by atoms with Crippen LogP contribution in [0.2, 0.25) is 0 Å². The fourth-order valence-corrected chi connectivity index (χ4v) is 2.65. The molecular weight excluding hydrogens is 433 g/mol. The summed E-state index contributed by atoms with van der Waals surface area (Å²) in [7, 11) is 0. The molecule has 0 amide bonds. The highest BCUT2D eigenvalue weighted by molar-refractivity contribution is 5.75. The number of halogens is 3. The predicted octanol–water partition coefficient (Wildman–Crippen LogP) is 2.94. The maximum Gasteiger partial charge on any atom is 0.416 e.